The van der Waals surface area contributed by atoms with Crippen LogP contribution in [0.3, 0.4) is 0 Å². The molecule has 112 valence electrons. The minimum atomic E-state index is -4.34. The van der Waals surface area contributed by atoms with Gasteiger partial charge in [-0.05, 0) is 46.4 Å². The summed E-state index contributed by atoms with van der Waals surface area (Å²) >= 11 is 3.61. The van der Waals surface area contributed by atoms with Gasteiger partial charge in [0, 0.05) is 19.0 Å². The van der Waals surface area contributed by atoms with Crippen LogP contribution in [0.5, 0.6) is 0 Å². The molecule has 2 nitrogen and oxygen atoms in total. The lowest BCUT2D eigenvalue weighted by Crippen LogP contribution is -2.25. The molecule has 21 heavy (non-hydrogen) atoms. The van der Waals surface area contributed by atoms with Crippen molar-refractivity contribution in [3.05, 3.63) is 55.3 Å². The third-order valence-electron chi connectivity index (χ3n) is 2.86. The van der Waals surface area contributed by atoms with Crippen LogP contribution in [0.2, 0.25) is 0 Å². The van der Waals surface area contributed by atoms with Gasteiger partial charge in [0.25, 0.3) is 5.91 Å². The highest BCUT2D eigenvalue weighted by Crippen LogP contribution is 2.29. The van der Waals surface area contributed by atoms with Crippen LogP contribution in [0.25, 0.3) is 0 Å². The number of rotatable bonds is 3. The first kappa shape index (κ1) is 16.3. The Labute approximate surface area is 137 Å². The summed E-state index contributed by atoms with van der Waals surface area (Å²) in [5.41, 5.74) is 0.565. The average molecular weight is 425 g/mol. The Bertz CT molecular complexity index is 636. The molecule has 0 atom stereocenters. The number of alkyl halides is 3. The zero-order valence-corrected chi connectivity index (χ0v) is 13.9. The van der Waals surface area contributed by atoms with Gasteiger partial charge in [0.05, 0.1) is 14.0 Å². The van der Waals surface area contributed by atoms with Gasteiger partial charge in [-0.25, -0.2) is 0 Å². The molecule has 1 amide bonds. The minimum Gasteiger partial charge on any atom is -0.337 e. The molecule has 0 unspecified atom stereocenters. The van der Waals surface area contributed by atoms with Crippen molar-refractivity contribution >= 4 is 39.8 Å². The molecule has 2 aromatic rings. The number of hydrogen-bond donors (Lipinski definition) is 0. The monoisotopic (exact) mass is 425 g/mol. The van der Waals surface area contributed by atoms with Crippen molar-refractivity contribution in [2.75, 3.05) is 7.05 Å². The van der Waals surface area contributed by atoms with Gasteiger partial charge >= 0.3 is 6.18 Å². The van der Waals surface area contributed by atoms with E-state index in [2.05, 4.69) is 22.6 Å². The summed E-state index contributed by atoms with van der Waals surface area (Å²) in [6.45, 7) is 0.267. The van der Waals surface area contributed by atoms with Gasteiger partial charge in [0.15, 0.2) is 0 Å². The standard InChI is InChI=1S/C14H11F3INOS/c1-19(13(20)10-6-12(18)21-8-10)7-9-2-4-11(5-3-9)14(15,16)17/h2-6,8H,7H2,1H3. The van der Waals surface area contributed by atoms with Crippen LogP contribution in [0.15, 0.2) is 35.7 Å². The third kappa shape index (κ3) is 4.19. The maximum absolute atomic E-state index is 12.5. The molecule has 0 aliphatic carbocycles. The molecule has 7 heteroatoms. The Balaban J connectivity index is 2.06. The van der Waals surface area contributed by atoms with E-state index in [0.29, 0.717) is 11.1 Å². The minimum absolute atomic E-state index is 0.144. The lowest BCUT2D eigenvalue weighted by molar-refractivity contribution is -0.137. The summed E-state index contributed by atoms with van der Waals surface area (Å²) in [7, 11) is 1.63. The van der Waals surface area contributed by atoms with Crippen molar-refractivity contribution in [2.45, 2.75) is 12.7 Å². The molecule has 0 aliphatic rings. The molecule has 0 fully saturated rings. The van der Waals surface area contributed by atoms with E-state index < -0.39 is 11.7 Å². The fourth-order valence-electron chi connectivity index (χ4n) is 1.79. The van der Waals surface area contributed by atoms with Crippen LogP contribution < -0.4 is 0 Å². The molecule has 1 aromatic heterocycles. The maximum atomic E-state index is 12.5. The molecular formula is C14H11F3INOS. The molecule has 1 heterocycles. The van der Waals surface area contributed by atoms with Crippen LogP contribution >= 0.6 is 33.9 Å². The van der Waals surface area contributed by atoms with Crippen LogP contribution in [0.4, 0.5) is 13.2 Å². The summed E-state index contributed by atoms with van der Waals surface area (Å²) in [5.74, 6) is -0.144. The first-order valence-electron chi connectivity index (χ1n) is 5.93. The lowest BCUT2D eigenvalue weighted by Gasteiger charge is -2.17. The van der Waals surface area contributed by atoms with Crippen molar-refractivity contribution in [1.29, 1.82) is 0 Å². The zero-order valence-electron chi connectivity index (χ0n) is 10.9. The van der Waals surface area contributed by atoms with Gasteiger partial charge in [-0.15, -0.1) is 11.3 Å². The zero-order chi connectivity index (χ0) is 15.6. The van der Waals surface area contributed by atoms with Gasteiger partial charge in [-0.1, -0.05) is 12.1 Å². The molecule has 0 aliphatic heterocycles. The molecule has 0 spiro atoms. The van der Waals surface area contributed by atoms with Crippen LogP contribution in [0.1, 0.15) is 21.5 Å². The Kier molecular flexibility index (Phi) is 4.92. The third-order valence-corrected chi connectivity index (χ3v) is 4.65. The Morgan fingerprint density at radius 3 is 2.38 bits per heavy atom. The SMILES string of the molecule is CN(Cc1ccc(C(F)(F)F)cc1)C(=O)c1csc(I)c1. The Morgan fingerprint density at radius 2 is 1.90 bits per heavy atom. The van der Waals surface area contributed by atoms with Crippen molar-refractivity contribution in [3.8, 4) is 0 Å². The van der Waals surface area contributed by atoms with E-state index in [0.717, 1.165) is 15.0 Å². The van der Waals surface area contributed by atoms with Gasteiger partial charge in [-0.3, -0.25) is 4.79 Å². The second kappa shape index (κ2) is 6.35. The number of carbonyl (C=O) groups excluding carboxylic acids is 1. The fourth-order valence-corrected chi connectivity index (χ4v) is 3.11. The smallest absolute Gasteiger partial charge is 0.337 e. The predicted octanol–water partition coefficient (Wildman–Crippen LogP) is 4.64. The number of benzene rings is 1. The number of carbonyl (C=O) groups is 1. The highest BCUT2D eigenvalue weighted by molar-refractivity contribution is 14.1. The van der Waals surface area contributed by atoms with Gasteiger partial charge in [-0.2, -0.15) is 13.2 Å². The maximum Gasteiger partial charge on any atom is 0.416 e. The normalized spacial score (nSPS) is 11.5. The molecule has 1 aromatic carbocycles. The van der Waals surface area contributed by atoms with Crippen LogP contribution in [-0.4, -0.2) is 17.9 Å². The molecule has 0 radical (unpaired) electrons. The van der Waals surface area contributed by atoms with E-state index >= 15 is 0 Å². The Morgan fingerprint density at radius 1 is 1.29 bits per heavy atom. The summed E-state index contributed by atoms with van der Waals surface area (Å²) in [6, 6.07) is 6.63. The van der Waals surface area contributed by atoms with E-state index in [9.17, 15) is 18.0 Å². The van der Waals surface area contributed by atoms with Gasteiger partial charge in [0.1, 0.15) is 0 Å². The second-order valence-corrected chi connectivity index (χ2v) is 7.30. The molecule has 0 N–H and O–H groups in total. The van der Waals surface area contributed by atoms with E-state index in [1.165, 1.54) is 28.4 Å². The average Bonchev–Trinajstić information content (AvgIpc) is 2.84. The number of thiophene rings is 1. The number of amides is 1. The summed E-state index contributed by atoms with van der Waals surface area (Å²) in [5, 5.41) is 1.77. The molecule has 0 saturated heterocycles. The van der Waals surface area contributed by atoms with Crippen molar-refractivity contribution < 1.29 is 18.0 Å². The van der Waals surface area contributed by atoms with E-state index in [-0.39, 0.29) is 12.5 Å². The van der Waals surface area contributed by atoms with Crippen molar-refractivity contribution in [2.24, 2.45) is 0 Å². The number of halogens is 4. The van der Waals surface area contributed by atoms with Crippen molar-refractivity contribution in [3.63, 3.8) is 0 Å². The van der Waals surface area contributed by atoms with E-state index in [1.807, 2.05) is 0 Å². The van der Waals surface area contributed by atoms with E-state index in [4.69, 9.17) is 0 Å². The summed E-state index contributed by atoms with van der Waals surface area (Å²) < 4.78 is 38.4. The second-order valence-electron chi connectivity index (χ2n) is 4.50. The van der Waals surface area contributed by atoms with E-state index in [1.54, 1.807) is 18.5 Å². The van der Waals surface area contributed by atoms with Crippen LogP contribution in [-0.2, 0) is 12.7 Å². The predicted molar refractivity (Wildman–Crippen MR) is 84.3 cm³/mol. The first-order chi connectivity index (χ1) is 9.77. The van der Waals surface area contributed by atoms with Gasteiger partial charge < -0.3 is 4.90 Å². The molecule has 0 saturated carbocycles. The summed E-state index contributed by atoms with van der Waals surface area (Å²) in [4.78, 5) is 13.6. The number of nitrogens with zero attached hydrogens (tertiary/aromatic N) is 1. The van der Waals surface area contributed by atoms with Gasteiger partial charge in [0.2, 0.25) is 0 Å². The molecule has 0 bridgehead atoms. The molecule has 2 rings (SSSR count). The quantitative estimate of drug-likeness (QED) is 0.657. The highest BCUT2D eigenvalue weighted by atomic mass is 127. The van der Waals surface area contributed by atoms with Crippen LogP contribution in [0, 0.1) is 2.88 Å². The fraction of sp³-hybridized carbons (Fsp3) is 0.214. The summed E-state index contributed by atoms with van der Waals surface area (Å²) in [6.07, 6.45) is -4.34. The highest BCUT2D eigenvalue weighted by Gasteiger charge is 2.30. The largest absolute Gasteiger partial charge is 0.416 e. The Hall–Kier alpha value is -1.09. The molecular weight excluding hydrogens is 414 g/mol. The topological polar surface area (TPSA) is 20.3 Å². The van der Waals surface area contributed by atoms with Crippen molar-refractivity contribution in [1.82, 2.24) is 4.90 Å². The first-order valence-corrected chi connectivity index (χ1v) is 7.89. The number of hydrogen-bond acceptors (Lipinski definition) is 2. The lowest BCUT2D eigenvalue weighted by atomic mass is 10.1.